The second-order valence-electron chi connectivity index (χ2n) is 5.76. The van der Waals surface area contributed by atoms with E-state index in [1.165, 1.54) is 18.6 Å². The minimum absolute atomic E-state index is 0.406. The number of nitrogens with zero attached hydrogens (tertiary/aromatic N) is 5. The van der Waals surface area contributed by atoms with E-state index in [1.54, 1.807) is 18.0 Å². The maximum atomic E-state index is 13.3. The number of rotatable bonds is 5. The van der Waals surface area contributed by atoms with Gasteiger partial charge < -0.3 is 4.74 Å². The molecular weight excluding hydrogens is 366 g/mol. The number of hydrogen-bond donors (Lipinski definition) is 1. The maximum absolute atomic E-state index is 13.3. The van der Waals surface area contributed by atoms with Crippen molar-refractivity contribution in [3.63, 3.8) is 0 Å². The Balaban J connectivity index is 1.63. The van der Waals surface area contributed by atoms with Crippen LogP contribution in [0.15, 0.2) is 60.1 Å². The third-order valence-corrected chi connectivity index (χ3v) is 3.99. The molecule has 9 heteroatoms. The second kappa shape index (κ2) is 7.39. The van der Waals surface area contributed by atoms with Gasteiger partial charge in [0, 0.05) is 6.07 Å². The highest BCUT2D eigenvalue weighted by atomic mass is 19.2. The number of aromatic nitrogens is 4. The van der Waals surface area contributed by atoms with Crippen molar-refractivity contribution >= 4 is 23.1 Å². The number of methoxy groups -OCH3 is 1. The Morgan fingerprint density at radius 3 is 2.82 bits per heavy atom. The SMILES string of the molecule is COc1cccc(-n2ncc3c(N/N=C/c4ccc(F)c(F)c4)ncnc32)c1. The summed E-state index contributed by atoms with van der Waals surface area (Å²) in [5.74, 6) is -0.719. The van der Waals surface area contributed by atoms with E-state index < -0.39 is 11.6 Å². The number of benzene rings is 2. The summed E-state index contributed by atoms with van der Waals surface area (Å²) in [5.41, 5.74) is 4.55. The van der Waals surface area contributed by atoms with Crippen LogP contribution in [0.5, 0.6) is 5.75 Å². The second-order valence-corrected chi connectivity index (χ2v) is 5.76. The van der Waals surface area contributed by atoms with Crippen LogP contribution in [-0.2, 0) is 0 Å². The molecule has 0 bridgehead atoms. The zero-order valence-corrected chi connectivity index (χ0v) is 14.7. The molecule has 0 radical (unpaired) electrons. The van der Waals surface area contributed by atoms with Gasteiger partial charge in [-0.1, -0.05) is 12.1 Å². The zero-order valence-electron chi connectivity index (χ0n) is 14.7. The van der Waals surface area contributed by atoms with Gasteiger partial charge in [-0.2, -0.15) is 10.2 Å². The van der Waals surface area contributed by atoms with Crippen molar-refractivity contribution in [2.45, 2.75) is 0 Å². The van der Waals surface area contributed by atoms with Gasteiger partial charge in [-0.15, -0.1) is 0 Å². The Hall–Kier alpha value is -3.88. The molecule has 2 heterocycles. The van der Waals surface area contributed by atoms with E-state index >= 15 is 0 Å². The van der Waals surface area contributed by atoms with Crippen LogP contribution in [0, 0.1) is 11.6 Å². The number of fused-ring (bicyclic) bond motifs is 1. The van der Waals surface area contributed by atoms with Crippen molar-refractivity contribution < 1.29 is 13.5 Å². The fourth-order valence-corrected chi connectivity index (χ4v) is 2.63. The van der Waals surface area contributed by atoms with Crippen molar-refractivity contribution in [3.05, 3.63) is 72.2 Å². The minimum Gasteiger partial charge on any atom is -0.497 e. The first-order valence-corrected chi connectivity index (χ1v) is 8.23. The van der Waals surface area contributed by atoms with Crippen LogP contribution in [0.2, 0.25) is 0 Å². The molecule has 0 saturated heterocycles. The van der Waals surface area contributed by atoms with Gasteiger partial charge in [-0.25, -0.2) is 23.4 Å². The molecule has 0 aliphatic carbocycles. The van der Waals surface area contributed by atoms with E-state index in [1.807, 2.05) is 24.3 Å². The molecule has 0 atom stereocenters. The summed E-state index contributed by atoms with van der Waals surface area (Å²) in [6, 6.07) is 10.9. The normalized spacial score (nSPS) is 11.2. The lowest BCUT2D eigenvalue weighted by atomic mass is 10.2. The molecule has 0 spiro atoms. The van der Waals surface area contributed by atoms with E-state index in [-0.39, 0.29) is 0 Å². The van der Waals surface area contributed by atoms with Gasteiger partial charge in [0.1, 0.15) is 12.1 Å². The summed E-state index contributed by atoms with van der Waals surface area (Å²) in [5, 5.41) is 9.04. The molecule has 2 aromatic carbocycles. The van der Waals surface area contributed by atoms with E-state index in [9.17, 15) is 8.78 Å². The summed E-state index contributed by atoms with van der Waals surface area (Å²) < 4.78 is 33.1. The van der Waals surface area contributed by atoms with E-state index in [0.717, 1.165) is 17.8 Å². The number of anilines is 1. The molecule has 140 valence electrons. The maximum Gasteiger partial charge on any atom is 0.168 e. The standard InChI is InChI=1S/C19H14F2N6O/c1-28-14-4-2-3-13(8-14)27-19-15(10-25-27)18(22-11-23-19)26-24-9-12-5-6-16(20)17(21)7-12/h2-11H,1H3,(H,22,23,26)/b24-9+. The Labute approximate surface area is 158 Å². The highest BCUT2D eigenvalue weighted by molar-refractivity contribution is 5.88. The lowest BCUT2D eigenvalue weighted by molar-refractivity contribution is 0.414. The van der Waals surface area contributed by atoms with E-state index in [2.05, 4.69) is 25.6 Å². The molecule has 1 N–H and O–H groups in total. The summed E-state index contributed by atoms with van der Waals surface area (Å²) in [4.78, 5) is 8.45. The molecule has 28 heavy (non-hydrogen) atoms. The Bertz CT molecular complexity index is 1170. The number of hydrogen-bond acceptors (Lipinski definition) is 6. The third-order valence-electron chi connectivity index (χ3n) is 3.99. The number of halogens is 2. The number of ether oxygens (including phenoxy) is 1. The summed E-state index contributed by atoms with van der Waals surface area (Å²) >= 11 is 0. The first-order valence-electron chi connectivity index (χ1n) is 8.23. The highest BCUT2D eigenvalue weighted by Gasteiger charge is 2.11. The van der Waals surface area contributed by atoms with Crippen molar-refractivity contribution in [2.24, 2.45) is 5.10 Å². The quantitative estimate of drug-likeness (QED) is 0.423. The van der Waals surface area contributed by atoms with Crippen molar-refractivity contribution in [3.8, 4) is 11.4 Å². The van der Waals surface area contributed by atoms with Gasteiger partial charge in [-0.3, -0.25) is 5.43 Å². The van der Waals surface area contributed by atoms with Crippen LogP contribution in [0.1, 0.15) is 5.56 Å². The molecule has 4 aromatic rings. The first-order chi connectivity index (χ1) is 13.7. The fraction of sp³-hybridized carbons (Fsp3) is 0.0526. The topological polar surface area (TPSA) is 77.2 Å². The molecule has 2 aromatic heterocycles. The van der Waals surface area contributed by atoms with Gasteiger partial charge in [0.2, 0.25) is 0 Å². The highest BCUT2D eigenvalue weighted by Crippen LogP contribution is 2.23. The van der Waals surface area contributed by atoms with Gasteiger partial charge in [0.15, 0.2) is 23.1 Å². The predicted octanol–water partition coefficient (Wildman–Crippen LogP) is 3.55. The van der Waals surface area contributed by atoms with Crippen LogP contribution in [-0.4, -0.2) is 33.1 Å². The van der Waals surface area contributed by atoms with Crippen molar-refractivity contribution in [1.82, 2.24) is 19.7 Å². The average molecular weight is 380 g/mol. The Morgan fingerprint density at radius 2 is 2.00 bits per heavy atom. The molecule has 7 nitrogen and oxygen atoms in total. The monoisotopic (exact) mass is 380 g/mol. The average Bonchev–Trinajstić information content (AvgIpc) is 3.16. The largest absolute Gasteiger partial charge is 0.497 e. The van der Waals surface area contributed by atoms with Crippen LogP contribution in [0.3, 0.4) is 0 Å². The molecule has 4 rings (SSSR count). The third kappa shape index (κ3) is 3.37. The molecule has 0 saturated carbocycles. The fourth-order valence-electron chi connectivity index (χ4n) is 2.63. The molecule has 0 unspecified atom stereocenters. The molecular formula is C19H14F2N6O. The zero-order chi connectivity index (χ0) is 19.5. The van der Waals surface area contributed by atoms with Gasteiger partial charge in [0.05, 0.1) is 30.6 Å². The van der Waals surface area contributed by atoms with Crippen LogP contribution in [0.4, 0.5) is 14.6 Å². The van der Waals surface area contributed by atoms with Gasteiger partial charge in [-0.05, 0) is 29.8 Å². The lowest BCUT2D eigenvalue weighted by Crippen LogP contribution is -2.00. The smallest absolute Gasteiger partial charge is 0.168 e. The molecule has 0 aliphatic heterocycles. The van der Waals surface area contributed by atoms with Gasteiger partial charge >= 0.3 is 0 Å². The van der Waals surface area contributed by atoms with Crippen LogP contribution in [0.25, 0.3) is 16.7 Å². The Morgan fingerprint density at radius 1 is 1.11 bits per heavy atom. The first kappa shape index (κ1) is 17.5. The summed E-state index contributed by atoms with van der Waals surface area (Å²) in [7, 11) is 1.59. The number of hydrazone groups is 1. The summed E-state index contributed by atoms with van der Waals surface area (Å²) in [6.45, 7) is 0. The van der Waals surface area contributed by atoms with E-state index in [0.29, 0.717) is 28.2 Å². The molecule has 0 aliphatic rings. The van der Waals surface area contributed by atoms with Crippen LogP contribution >= 0.6 is 0 Å². The minimum atomic E-state index is -0.937. The van der Waals surface area contributed by atoms with Crippen molar-refractivity contribution in [2.75, 3.05) is 12.5 Å². The predicted molar refractivity (Wildman–Crippen MR) is 101 cm³/mol. The molecule has 0 fully saturated rings. The summed E-state index contributed by atoms with van der Waals surface area (Å²) in [6.07, 6.45) is 4.36. The van der Waals surface area contributed by atoms with Crippen LogP contribution < -0.4 is 10.2 Å². The lowest BCUT2D eigenvalue weighted by Gasteiger charge is -2.06. The molecule has 0 amide bonds. The number of nitrogens with one attached hydrogen (secondary N) is 1. The van der Waals surface area contributed by atoms with E-state index in [4.69, 9.17) is 4.74 Å². The Kier molecular flexibility index (Phi) is 4.63. The van der Waals surface area contributed by atoms with Gasteiger partial charge in [0.25, 0.3) is 0 Å². The van der Waals surface area contributed by atoms with Crippen molar-refractivity contribution in [1.29, 1.82) is 0 Å².